The molecule has 0 aliphatic heterocycles. The molecule has 1 atom stereocenters. The standard InChI is InChI=1S/C14H19N3S/c1-10-13(8-9-18-10)14(16-15)11-4-6-12(7-5-11)17(2)3/h4-9,14,16H,15H2,1-3H3. The van der Waals surface area contributed by atoms with E-state index in [0.29, 0.717) is 0 Å². The Labute approximate surface area is 112 Å². The SMILES string of the molecule is Cc1sccc1C(NN)c1ccc(N(C)C)cc1. The van der Waals surface area contributed by atoms with E-state index in [9.17, 15) is 0 Å². The zero-order chi connectivity index (χ0) is 13.1. The summed E-state index contributed by atoms with van der Waals surface area (Å²) in [7, 11) is 4.08. The summed E-state index contributed by atoms with van der Waals surface area (Å²) in [6, 6.07) is 10.7. The van der Waals surface area contributed by atoms with Crippen LogP contribution in [0.2, 0.25) is 0 Å². The highest BCUT2D eigenvalue weighted by Gasteiger charge is 2.15. The molecule has 0 spiro atoms. The van der Waals surface area contributed by atoms with E-state index < -0.39 is 0 Å². The topological polar surface area (TPSA) is 41.3 Å². The van der Waals surface area contributed by atoms with E-state index in [1.54, 1.807) is 11.3 Å². The van der Waals surface area contributed by atoms with E-state index in [1.807, 2.05) is 14.1 Å². The Hall–Kier alpha value is -1.36. The van der Waals surface area contributed by atoms with E-state index in [4.69, 9.17) is 5.84 Å². The van der Waals surface area contributed by atoms with Crippen molar-refractivity contribution < 1.29 is 0 Å². The van der Waals surface area contributed by atoms with Crippen molar-refractivity contribution in [2.45, 2.75) is 13.0 Å². The lowest BCUT2D eigenvalue weighted by Crippen LogP contribution is -2.29. The van der Waals surface area contributed by atoms with E-state index in [2.05, 4.69) is 53.0 Å². The molecule has 96 valence electrons. The molecule has 0 amide bonds. The fraction of sp³-hybridized carbons (Fsp3) is 0.286. The lowest BCUT2D eigenvalue weighted by molar-refractivity contribution is 0.636. The van der Waals surface area contributed by atoms with Gasteiger partial charge in [-0.2, -0.15) is 0 Å². The van der Waals surface area contributed by atoms with Crippen molar-refractivity contribution in [1.29, 1.82) is 0 Å². The highest BCUT2D eigenvalue weighted by Crippen LogP contribution is 2.28. The van der Waals surface area contributed by atoms with Gasteiger partial charge in [-0.25, -0.2) is 5.43 Å². The first kappa shape index (κ1) is 13.1. The van der Waals surface area contributed by atoms with Crippen LogP contribution >= 0.6 is 11.3 Å². The first-order chi connectivity index (χ1) is 8.63. The Morgan fingerprint density at radius 2 is 1.83 bits per heavy atom. The number of hydrogen-bond donors (Lipinski definition) is 2. The molecule has 0 bridgehead atoms. The Bertz CT molecular complexity index is 502. The third-order valence-electron chi connectivity index (χ3n) is 3.12. The van der Waals surface area contributed by atoms with E-state index in [-0.39, 0.29) is 6.04 Å². The van der Waals surface area contributed by atoms with Crippen LogP contribution in [0.1, 0.15) is 22.0 Å². The van der Waals surface area contributed by atoms with Crippen LogP contribution in [0.4, 0.5) is 5.69 Å². The highest BCUT2D eigenvalue weighted by atomic mass is 32.1. The van der Waals surface area contributed by atoms with Gasteiger partial charge in [-0.15, -0.1) is 11.3 Å². The maximum absolute atomic E-state index is 5.71. The number of thiophene rings is 1. The zero-order valence-electron chi connectivity index (χ0n) is 11.0. The highest BCUT2D eigenvalue weighted by molar-refractivity contribution is 7.10. The Morgan fingerprint density at radius 3 is 2.28 bits per heavy atom. The number of benzene rings is 1. The predicted octanol–water partition coefficient (Wildman–Crippen LogP) is 2.68. The summed E-state index contributed by atoms with van der Waals surface area (Å²) in [5.74, 6) is 5.71. The second kappa shape index (κ2) is 5.52. The van der Waals surface area contributed by atoms with Gasteiger partial charge >= 0.3 is 0 Å². The van der Waals surface area contributed by atoms with Crippen LogP contribution in [-0.2, 0) is 0 Å². The van der Waals surface area contributed by atoms with Crippen molar-refractivity contribution in [3.8, 4) is 0 Å². The maximum Gasteiger partial charge on any atom is 0.0720 e. The number of nitrogens with two attached hydrogens (primary N) is 1. The average molecular weight is 261 g/mol. The molecule has 1 aromatic carbocycles. The van der Waals surface area contributed by atoms with Crippen LogP contribution < -0.4 is 16.2 Å². The number of hydrazine groups is 1. The monoisotopic (exact) mass is 261 g/mol. The molecule has 18 heavy (non-hydrogen) atoms. The van der Waals surface area contributed by atoms with Gasteiger partial charge in [0.25, 0.3) is 0 Å². The van der Waals surface area contributed by atoms with Crippen LogP contribution in [0.15, 0.2) is 35.7 Å². The summed E-state index contributed by atoms with van der Waals surface area (Å²) in [4.78, 5) is 3.39. The Kier molecular flexibility index (Phi) is 4.01. The molecule has 3 nitrogen and oxygen atoms in total. The number of anilines is 1. The first-order valence-corrected chi connectivity index (χ1v) is 6.79. The molecule has 0 aliphatic carbocycles. The van der Waals surface area contributed by atoms with Crippen molar-refractivity contribution in [3.63, 3.8) is 0 Å². The van der Waals surface area contributed by atoms with Gasteiger partial charge in [-0.3, -0.25) is 5.84 Å². The van der Waals surface area contributed by atoms with Gasteiger partial charge in [0, 0.05) is 24.7 Å². The fourth-order valence-corrected chi connectivity index (χ4v) is 2.77. The van der Waals surface area contributed by atoms with Crippen LogP contribution in [0.5, 0.6) is 0 Å². The summed E-state index contributed by atoms with van der Waals surface area (Å²) in [5.41, 5.74) is 6.53. The molecule has 4 heteroatoms. The molecule has 0 saturated carbocycles. The van der Waals surface area contributed by atoms with Crippen LogP contribution in [0.25, 0.3) is 0 Å². The zero-order valence-corrected chi connectivity index (χ0v) is 11.8. The van der Waals surface area contributed by atoms with Crippen molar-refractivity contribution >= 4 is 17.0 Å². The lowest BCUT2D eigenvalue weighted by atomic mass is 10.00. The van der Waals surface area contributed by atoms with Gasteiger partial charge < -0.3 is 4.90 Å². The minimum atomic E-state index is 0.0625. The number of hydrogen-bond acceptors (Lipinski definition) is 4. The van der Waals surface area contributed by atoms with Crippen molar-refractivity contribution in [2.75, 3.05) is 19.0 Å². The first-order valence-electron chi connectivity index (χ1n) is 5.91. The molecule has 2 rings (SSSR count). The summed E-state index contributed by atoms with van der Waals surface area (Å²) in [6.07, 6.45) is 0. The molecule has 2 aromatic rings. The second-order valence-corrected chi connectivity index (χ2v) is 5.64. The third kappa shape index (κ3) is 2.56. The van der Waals surface area contributed by atoms with Gasteiger partial charge in [0.05, 0.1) is 6.04 Å². The maximum atomic E-state index is 5.71. The summed E-state index contributed by atoms with van der Waals surface area (Å²) < 4.78 is 0. The quantitative estimate of drug-likeness (QED) is 0.657. The molecule has 1 heterocycles. The summed E-state index contributed by atoms with van der Waals surface area (Å²) >= 11 is 1.75. The second-order valence-electron chi connectivity index (χ2n) is 4.52. The number of aryl methyl sites for hydroxylation is 1. The smallest absolute Gasteiger partial charge is 0.0720 e. The van der Waals surface area contributed by atoms with E-state index >= 15 is 0 Å². The normalized spacial score (nSPS) is 12.4. The number of nitrogens with zero attached hydrogens (tertiary/aromatic N) is 1. The summed E-state index contributed by atoms with van der Waals surface area (Å²) in [5, 5.41) is 2.10. The largest absolute Gasteiger partial charge is 0.378 e. The van der Waals surface area contributed by atoms with Gasteiger partial charge in [-0.05, 0) is 41.6 Å². The van der Waals surface area contributed by atoms with Gasteiger partial charge in [-0.1, -0.05) is 12.1 Å². The van der Waals surface area contributed by atoms with E-state index in [1.165, 1.54) is 21.7 Å². The minimum absolute atomic E-state index is 0.0625. The van der Waals surface area contributed by atoms with Crippen molar-refractivity contribution in [1.82, 2.24) is 5.43 Å². The fourth-order valence-electron chi connectivity index (χ4n) is 2.02. The predicted molar refractivity (Wildman–Crippen MR) is 79.0 cm³/mol. The van der Waals surface area contributed by atoms with Crippen molar-refractivity contribution in [3.05, 3.63) is 51.7 Å². The molecular weight excluding hydrogens is 242 g/mol. The van der Waals surface area contributed by atoms with Crippen LogP contribution in [-0.4, -0.2) is 14.1 Å². The van der Waals surface area contributed by atoms with Crippen LogP contribution in [0, 0.1) is 6.92 Å². The molecule has 0 radical (unpaired) electrons. The molecular formula is C14H19N3S. The van der Waals surface area contributed by atoms with Gasteiger partial charge in [0.2, 0.25) is 0 Å². The molecule has 0 saturated heterocycles. The van der Waals surface area contributed by atoms with Gasteiger partial charge in [0.15, 0.2) is 0 Å². The van der Waals surface area contributed by atoms with E-state index in [0.717, 1.165) is 0 Å². The Morgan fingerprint density at radius 1 is 1.17 bits per heavy atom. The molecule has 1 unspecified atom stereocenters. The molecule has 1 aromatic heterocycles. The molecule has 0 aliphatic rings. The van der Waals surface area contributed by atoms with Crippen molar-refractivity contribution in [2.24, 2.45) is 5.84 Å². The Balaban J connectivity index is 2.31. The lowest BCUT2D eigenvalue weighted by Gasteiger charge is -2.18. The van der Waals surface area contributed by atoms with Gasteiger partial charge in [0.1, 0.15) is 0 Å². The third-order valence-corrected chi connectivity index (χ3v) is 3.98. The molecule has 3 N–H and O–H groups in total. The minimum Gasteiger partial charge on any atom is -0.378 e. The summed E-state index contributed by atoms with van der Waals surface area (Å²) in [6.45, 7) is 2.12. The molecule has 0 fully saturated rings. The van der Waals surface area contributed by atoms with Crippen LogP contribution in [0.3, 0.4) is 0 Å². The number of nitrogens with one attached hydrogen (secondary N) is 1. The average Bonchev–Trinajstić information content (AvgIpc) is 2.78. The number of rotatable bonds is 4.